The van der Waals surface area contributed by atoms with Gasteiger partial charge >= 0.3 is 6.18 Å². The Hall–Kier alpha value is -4.14. The summed E-state index contributed by atoms with van der Waals surface area (Å²) in [5, 5.41) is 3.05. The number of aryl methyl sites for hydroxylation is 1. The van der Waals surface area contributed by atoms with E-state index in [9.17, 15) is 18.0 Å². The summed E-state index contributed by atoms with van der Waals surface area (Å²) in [4.78, 5) is 22.2. The predicted molar refractivity (Wildman–Crippen MR) is 150 cm³/mol. The standard InChI is InChI=1S/C31H33F3N4O2/c1-20-17-22(40-2)14-15-23(20)24-12-8-16-36-29(24)27(18-21-9-4-3-5-10-21)38-28(39)19-37-26-13-7-6-11-25(26)30(35)31(32,33)34/h3-5,8-10,12,14-17,27H,6-7,11,13,18-19,35H2,1-2H3,(H,38,39)/t27-/m1/s1. The number of alkyl halides is 3. The fourth-order valence-corrected chi connectivity index (χ4v) is 4.99. The van der Waals surface area contributed by atoms with E-state index in [0.29, 0.717) is 31.4 Å². The smallest absolute Gasteiger partial charge is 0.431 e. The lowest BCUT2D eigenvalue weighted by molar-refractivity contribution is -0.120. The lowest BCUT2D eigenvalue weighted by Crippen LogP contribution is -2.33. The van der Waals surface area contributed by atoms with Gasteiger partial charge in [-0.2, -0.15) is 13.2 Å². The van der Waals surface area contributed by atoms with Crippen LogP contribution in [-0.2, 0) is 11.2 Å². The zero-order chi connectivity index (χ0) is 28.7. The number of hydrogen-bond donors (Lipinski definition) is 2. The second-order valence-corrected chi connectivity index (χ2v) is 9.79. The summed E-state index contributed by atoms with van der Waals surface area (Å²) in [6.45, 7) is 1.68. The van der Waals surface area contributed by atoms with Crippen LogP contribution in [0.25, 0.3) is 11.1 Å². The zero-order valence-electron chi connectivity index (χ0n) is 22.6. The summed E-state index contributed by atoms with van der Waals surface area (Å²) in [7, 11) is 1.61. The number of carbonyl (C=O) groups is 1. The van der Waals surface area contributed by atoms with E-state index < -0.39 is 23.8 Å². The number of halogens is 3. The molecule has 9 heteroatoms. The van der Waals surface area contributed by atoms with Gasteiger partial charge < -0.3 is 15.8 Å². The van der Waals surface area contributed by atoms with Gasteiger partial charge in [-0.05, 0) is 73.9 Å². The highest BCUT2D eigenvalue weighted by atomic mass is 19.4. The van der Waals surface area contributed by atoms with E-state index in [1.54, 1.807) is 13.3 Å². The van der Waals surface area contributed by atoms with Gasteiger partial charge in [0.05, 0.1) is 18.8 Å². The first-order valence-corrected chi connectivity index (χ1v) is 13.2. The Balaban J connectivity index is 1.64. The highest BCUT2D eigenvalue weighted by Crippen LogP contribution is 2.33. The minimum Gasteiger partial charge on any atom is -0.497 e. The summed E-state index contributed by atoms with van der Waals surface area (Å²) in [6.07, 6.45) is -0.635. The van der Waals surface area contributed by atoms with Crippen LogP contribution in [0.15, 0.2) is 83.1 Å². The summed E-state index contributed by atoms with van der Waals surface area (Å²) in [6, 6.07) is 18.8. The van der Waals surface area contributed by atoms with Crippen molar-refractivity contribution in [2.24, 2.45) is 10.7 Å². The lowest BCUT2D eigenvalue weighted by Gasteiger charge is -2.23. The van der Waals surface area contributed by atoms with Crippen molar-refractivity contribution in [1.82, 2.24) is 10.3 Å². The molecule has 0 spiro atoms. The number of rotatable bonds is 8. The third-order valence-corrected chi connectivity index (χ3v) is 6.99. The number of methoxy groups -OCH3 is 1. The fourth-order valence-electron chi connectivity index (χ4n) is 4.99. The van der Waals surface area contributed by atoms with Crippen LogP contribution in [0.5, 0.6) is 5.75 Å². The quantitative estimate of drug-likeness (QED) is 0.347. The minimum absolute atomic E-state index is 0.00520. The number of aromatic nitrogens is 1. The van der Waals surface area contributed by atoms with Gasteiger partial charge in [-0.1, -0.05) is 42.5 Å². The molecule has 1 aliphatic rings. The SMILES string of the molecule is COc1ccc(-c2cccnc2[C@@H](Cc2ccccc2)NC(=O)CN=C2CCCCC2=C(N)C(F)(F)F)c(C)c1. The Labute approximate surface area is 232 Å². The van der Waals surface area contributed by atoms with E-state index in [1.165, 1.54) is 0 Å². The Morgan fingerprint density at radius 2 is 1.82 bits per heavy atom. The van der Waals surface area contributed by atoms with Crippen LogP contribution in [0.3, 0.4) is 0 Å². The number of nitrogens with one attached hydrogen (secondary N) is 1. The van der Waals surface area contributed by atoms with Gasteiger partial charge in [0.15, 0.2) is 0 Å². The Morgan fingerprint density at radius 3 is 2.52 bits per heavy atom. The van der Waals surface area contributed by atoms with Crippen LogP contribution >= 0.6 is 0 Å². The molecule has 40 heavy (non-hydrogen) atoms. The number of carbonyl (C=O) groups excluding carboxylic acids is 1. The minimum atomic E-state index is -4.63. The number of amides is 1. The number of ether oxygens (including phenoxy) is 1. The van der Waals surface area contributed by atoms with Gasteiger partial charge in [-0.3, -0.25) is 14.8 Å². The molecule has 3 N–H and O–H groups in total. The third-order valence-electron chi connectivity index (χ3n) is 6.99. The maximum absolute atomic E-state index is 13.3. The van der Waals surface area contributed by atoms with Crippen LogP contribution in [0, 0.1) is 6.92 Å². The number of allylic oxidation sites excluding steroid dienone is 2. The molecule has 0 bridgehead atoms. The Kier molecular flexibility index (Phi) is 9.24. The summed E-state index contributed by atoms with van der Waals surface area (Å²) < 4.78 is 45.2. The van der Waals surface area contributed by atoms with E-state index in [1.807, 2.05) is 67.6 Å². The fraction of sp³-hybridized carbons (Fsp3) is 0.323. The van der Waals surface area contributed by atoms with Crippen molar-refractivity contribution in [3.8, 4) is 16.9 Å². The van der Waals surface area contributed by atoms with E-state index >= 15 is 0 Å². The third kappa shape index (κ3) is 7.08. The lowest BCUT2D eigenvalue weighted by atomic mass is 9.91. The molecule has 1 saturated carbocycles. The number of pyridine rings is 1. The zero-order valence-corrected chi connectivity index (χ0v) is 22.6. The first kappa shape index (κ1) is 28.9. The highest BCUT2D eigenvalue weighted by molar-refractivity contribution is 6.02. The average molecular weight is 551 g/mol. The normalized spacial score (nSPS) is 16.9. The summed E-state index contributed by atoms with van der Waals surface area (Å²) in [5.41, 5.74) is 9.04. The molecule has 4 rings (SSSR count). The molecular formula is C31H33F3N4O2. The van der Waals surface area contributed by atoms with Crippen molar-refractivity contribution in [2.45, 2.75) is 51.2 Å². The Morgan fingerprint density at radius 1 is 1.07 bits per heavy atom. The van der Waals surface area contributed by atoms with Crippen LogP contribution in [0.2, 0.25) is 0 Å². The second kappa shape index (κ2) is 12.8. The van der Waals surface area contributed by atoms with Crippen molar-refractivity contribution in [2.75, 3.05) is 13.7 Å². The van der Waals surface area contributed by atoms with Crippen LogP contribution in [-0.4, -0.2) is 36.4 Å². The maximum Gasteiger partial charge on any atom is 0.431 e. The van der Waals surface area contributed by atoms with Gasteiger partial charge in [0.25, 0.3) is 0 Å². The monoisotopic (exact) mass is 550 g/mol. The molecule has 0 radical (unpaired) electrons. The van der Waals surface area contributed by atoms with Gasteiger partial charge in [0, 0.05) is 23.0 Å². The van der Waals surface area contributed by atoms with E-state index in [-0.39, 0.29) is 24.3 Å². The van der Waals surface area contributed by atoms with E-state index in [0.717, 1.165) is 28.0 Å². The first-order chi connectivity index (χ1) is 19.2. The predicted octanol–water partition coefficient (Wildman–Crippen LogP) is 6.26. The number of nitrogens with two attached hydrogens (primary N) is 1. The van der Waals surface area contributed by atoms with Crippen molar-refractivity contribution in [3.05, 3.63) is 95.0 Å². The van der Waals surface area contributed by atoms with Crippen molar-refractivity contribution in [3.63, 3.8) is 0 Å². The number of nitrogens with zero attached hydrogens (tertiary/aromatic N) is 2. The van der Waals surface area contributed by atoms with Crippen LogP contribution in [0.1, 0.15) is 48.5 Å². The number of aliphatic imine (C=N–C) groups is 1. The molecule has 1 aromatic heterocycles. The van der Waals surface area contributed by atoms with Gasteiger partial charge in [0.1, 0.15) is 18.0 Å². The van der Waals surface area contributed by atoms with Gasteiger partial charge in [-0.25, -0.2) is 0 Å². The van der Waals surface area contributed by atoms with E-state index in [2.05, 4.69) is 15.3 Å². The number of benzene rings is 2. The van der Waals surface area contributed by atoms with Gasteiger partial charge in [0.2, 0.25) is 5.91 Å². The largest absolute Gasteiger partial charge is 0.497 e. The second-order valence-electron chi connectivity index (χ2n) is 9.79. The van der Waals surface area contributed by atoms with E-state index in [4.69, 9.17) is 10.5 Å². The van der Waals surface area contributed by atoms with Crippen molar-refractivity contribution in [1.29, 1.82) is 0 Å². The molecule has 210 valence electrons. The molecule has 1 aliphatic carbocycles. The molecule has 1 heterocycles. The Bertz CT molecular complexity index is 1400. The molecule has 1 atom stereocenters. The molecule has 3 aromatic rings. The van der Waals surface area contributed by atoms with Crippen molar-refractivity contribution < 1.29 is 22.7 Å². The molecule has 1 amide bonds. The highest BCUT2D eigenvalue weighted by Gasteiger charge is 2.36. The van der Waals surface area contributed by atoms with Crippen LogP contribution < -0.4 is 15.8 Å². The van der Waals surface area contributed by atoms with Crippen LogP contribution in [0.4, 0.5) is 13.2 Å². The summed E-state index contributed by atoms with van der Waals surface area (Å²) in [5.74, 6) is 0.328. The first-order valence-electron chi connectivity index (χ1n) is 13.2. The number of hydrogen-bond acceptors (Lipinski definition) is 5. The molecule has 2 aromatic carbocycles. The summed E-state index contributed by atoms with van der Waals surface area (Å²) >= 11 is 0. The van der Waals surface area contributed by atoms with Crippen molar-refractivity contribution >= 4 is 11.6 Å². The molecule has 0 aliphatic heterocycles. The van der Waals surface area contributed by atoms with Gasteiger partial charge in [-0.15, -0.1) is 0 Å². The topological polar surface area (TPSA) is 89.6 Å². The molecule has 0 saturated heterocycles. The molecule has 0 unspecified atom stereocenters. The molecule has 6 nitrogen and oxygen atoms in total. The average Bonchev–Trinajstić information content (AvgIpc) is 2.95. The molecular weight excluding hydrogens is 517 g/mol. The molecule has 1 fully saturated rings. The maximum atomic E-state index is 13.3.